The fourth-order valence-electron chi connectivity index (χ4n) is 4.00. The molecule has 5 heteroatoms. The number of hydrogen-bond acceptors (Lipinski definition) is 2. The zero-order valence-electron chi connectivity index (χ0n) is 13.3. The highest BCUT2D eigenvalue weighted by Crippen LogP contribution is 2.36. The van der Waals surface area contributed by atoms with Gasteiger partial charge in [-0.3, -0.25) is 9.59 Å². The van der Waals surface area contributed by atoms with Crippen molar-refractivity contribution < 1.29 is 4.79 Å². The lowest BCUT2D eigenvalue weighted by Gasteiger charge is -2.43. The summed E-state index contributed by atoms with van der Waals surface area (Å²) in [5.74, 6) is 0.499. The number of hydrogen-bond donors (Lipinski definition) is 0. The second kappa shape index (κ2) is 6.10. The van der Waals surface area contributed by atoms with Crippen LogP contribution in [0.3, 0.4) is 0 Å². The lowest BCUT2D eigenvalue weighted by atomic mass is 9.83. The highest BCUT2D eigenvalue weighted by Gasteiger charge is 2.37. The first-order chi connectivity index (χ1) is 11.6. The van der Waals surface area contributed by atoms with Crippen molar-refractivity contribution in [1.29, 1.82) is 0 Å². The highest BCUT2D eigenvalue weighted by atomic mass is 35.5. The van der Waals surface area contributed by atoms with Crippen LogP contribution in [0.1, 0.15) is 29.0 Å². The van der Waals surface area contributed by atoms with Crippen LogP contribution in [-0.2, 0) is 11.3 Å². The molecule has 1 amide bonds. The number of alkyl halides is 1. The van der Waals surface area contributed by atoms with Crippen molar-refractivity contribution in [3.8, 4) is 0 Å². The maximum Gasteiger partial charge on any atom is 0.250 e. The van der Waals surface area contributed by atoms with Gasteiger partial charge in [0.2, 0.25) is 5.91 Å². The van der Waals surface area contributed by atoms with Crippen LogP contribution in [0.5, 0.6) is 0 Å². The van der Waals surface area contributed by atoms with Gasteiger partial charge in [-0.05, 0) is 24.0 Å². The first-order valence-electron chi connectivity index (χ1n) is 8.31. The molecule has 0 N–H and O–H groups in total. The van der Waals surface area contributed by atoms with E-state index in [1.165, 1.54) is 0 Å². The van der Waals surface area contributed by atoms with Gasteiger partial charge in [-0.2, -0.15) is 0 Å². The normalized spacial score (nSPS) is 23.5. The van der Waals surface area contributed by atoms with E-state index in [2.05, 4.69) is 0 Å². The molecular weight excluding hydrogens is 324 g/mol. The predicted octanol–water partition coefficient (Wildman–Crippen LogP) is 2.77. The number of likely N-dealkylation sites (tertiary alicyclic amines) is 1. The van der Waals surface area contributed by atoms with Crippen molar-refractivity contribution in [2.45, 2.75) is 24.3 Å². The Kier molecular flexibility index (Phi) is 3.93. The van der Waals surface area contributed by atoms with Crippen molar-refractivity contribution in [3.05, 3.63) is 70.1 Å². The predicted molar refractivity (Wildman–Crippen MR) is 93.2 cm³/mol. The van der Waals surface area contributed by atoms with Gasteiger partial charge in [-0.1, -0.05) is 36.4 Å². The van der Waals surface area contributed by atoms with Gasteiger partial charge in [0.05, 0.1) is 0 Å². The van der Waals surface area contributed by atoms with Crippen LogP contribution in [0.4, 0.5) is 0 Å². The Balaban J connectivity index is 1.58. The van der Waals surface area contributed by atoms with Gasteiger partial charge in [-0.25, -0.2) is 0 Å². The minimum absolute atomic E-state index is 0.0377. The SMILES string of the molecule is O=C(C(Cl)c1ccccc1)N1CC2CC(C1)c1cccc(=O)n1C2. The number of fused-ring (bicyclic) bond motifs is 4. The van der Waals surface area contributed by atoms with Gasteiger partial charge in [-0.15, -0.1) is 11.6 Å². The van der Waals surface area contributed by atoms with Crippen LogP contribution >= 0.6 is 11.6 Å². The fourth-order valence-corrected chi connectivity index (χ4v) is 4.28. The fraction of sp³-hybridized carbons (Fsp3) is 0.368. The molecule has 2 bridgehead atoms. The lowest BCUT2D eigenvalue weighted by Crippen LogP contribution is -2.49. The summed E-state index contributed by atoms with van der Waals surface area (Å²) in [6, 6.07) is 14.9. The van der Waals surface area contributed by atoms with E-state index < -0.39 is 5.38 Å². The maximum absolute atomic E-state index is 12.8. The van der Waals surface area contributed by atoms with Crippen molar-refractivity contribution in [2.75, 3.05) is 13.1 Å². The summed E-state index contributed by atoms with van der Waals surface area (Å²) < 4.78 is 1.87. The van der Waals surface area contributed by atoms with E-state index in [-0.39, 0.29) is 17.4 Å². The standard InChI is InChI=1S/C19H19ClN2O2/c20-18(14-5-2-1-3-6-14)19(24)21-10-13-9-15(12-21)16-7-4-8-17(23)22(16)11-13/h1-8,13,15,18H,9-12H2. The first kappa shape index (κ1) is 15.5. The molecule has 1 aromatic heterocycles. The van der Waals surface area contributed by atoms with E-state index >= 15 is 0 Å². The van der Waals surface area contributed by atoms with Gasteiger partial charge in [0, 0.05) is 37.3 Å². The van der Waals surface area contributed by atoms with Crippen molar-refractivity contribution in [2.24, 2.45) is 5.92 Å². The summed E-state index contributed by atoms with van der Waals surface area (Å²) in [5, 5.41) is -0.650. The average Bonchev–Trinajstić information content (AvgIpc) is 2.62. The van der Waals surface area contributed by atoms with Crippen LogP contribution in [0, 0.1) is 5.92 Å². The molecule has 1 aromatic carbocycles. The number of benzene rings is 1. The van der Waals surface area contributed by atoms with Crippen LogP contribution in [-0.4, -0.2) is 28.5 Å². The summed E-state index contributed by atoms with van der Waals surface area (Å²) in [4.78, 5) is 26.8. The quantitative estimate of drug-likeness (QED) is 0.788. The minimum atomic E-state index is -0.650. The zero-order chi connectivity index (χ0) is 16.7. The van der Waals surface area contributed by atoms with E-state index in [0.29, 0.717) is 25.6 Å². The molecule has 2 aromatic rings. The smallest absolute Gasteiger partial charge is 0.250 e. The van der Waals surface area contributed by atoms with E-state index in [1.54, 1.807) is 6.07 Å². The summed E-state index contributed by atoms with van der Waals surface area (Å²) in [6.45, 7) is 1.99. The number of pyridine rings is 1. The minimum Gasteiger partial charge on any atom is -0.340 e. The summed E-state index contributed by atoms with van der Waals surface area (Å²) in [7, 11) is 0. The van der Waals surface area contributed by atoms with E-state index in [1.807, 2.05) is 51.9 Å². The van der Waals surface area contributed by atoms with Gasteiger partial charge in [0.1, 0.15) is 5.38 Å². The van der Waals surface area contributed by atoms with Gasteiger partial charge in [0.15, 0.2) is 0 Å². The molecule has 3 atom stereocenters. The Bertz CT molecular complexity index is 818. The molecule has 3 heterocycles. The third-order valence-corrected chi connectivity index (χ3v) is 5.54. The summed E-state index contributed by atoms with van der Waals surface area (Å²) in [5.41, 5.74) is 1.93. The molecule has 3 unspecified atom stereocenters. The van der Waals surface area contributed by atoms with Gasteiger partial charge in [0.25, 0.3) is 5.56 Å². The molecule has 2 aliphatic rings. The van der Waals surface area contributed by atoms with Crippen LogP contribution in [0.15, 0.2) is 53.3 Å². The molecule has 2 aliphatic heterocycles. The maximum atomic E-state index is 12.8. The van der Waals surface area contributed by atoms with Gasteiger partial charge < -0.3 is 9.47 Å². The molecule has 24 heavy (non-hydrogen) atoms. The largest absolute Gasteiger partial charge is 0.340 e. The Labute approximate surface area is 145 Å². The number of aromatic nitrogens is 1. The Morgan fingerprint density at radius 1 is 1.04 bits per heavy atom. The monoisotopic (exact) mass is 342 g/mol. The Hall–Kier alpha value is -2.07. The zero-order valence-corrected chi connectivity index (χ0v) is 14.0. The Morgan fingerprint density at radius 2 is 1.83 bits per heavy atom. The van der Waals surface area contributed by atoms with E-state index in [0.717, 1.165) is 17.7 Å². The number of piperidine rings is 1. The molecule has 4 rings (SSSR count). The van der Waals surface area contributed by atoms with Crippen LogP contribution in [0.2, 0.25) is 0 Å². The molecular formula is C19H19ClN2O2. The number of rotatable bonds is 2. The molecule has 0 aliphatic carbocycles. The van der Waals surface area contributed by atoms with Gasteiger partial charge >= 0.3 is 0 Å². The Morgan fingerprint density at radius 3 is 2.62 bits per heavy atom. The van der Waals surface area contributed by atoms with Crippen molar-refractivity contribution >= 4 is 17.5 Å². The van der Waals surface area contributed by atoms with Crippen molar-refractivity contribution in [1.82, 2.24) is 9.47 Å². The number of amides is 1. The second-order valence-corrected chi connectivity index (χ2v) is 7.15. The van der Waals surface area contributed by atoms with E-state index in [4.69, 9.17) is 11.6 Å². The molecule has 124 valence electrons. The lowest BCUT2D eigenvalue weighted by molar-refractivity contribution is -0.133. The molecule has 4 nitrogen and oxygen atoms in total. The van der Waals surface area contributed by atoms with E-state index in [9.17, 15) is 9.59 Å². The highest BCUT2D eigenvalue weighted by molar-refractivity contribution is 6.30. The van der Waals surface area contributed by atoms with Crippen LogP contribution < -0.4 is 5.56 Å². The van der Waals surface area contributed by atoms with Crippen molar-refractivity contribution in [3.63, 3.8) is 0 Å². The molecule has 0 radical (unpaired) electrons. The molecule has 1 fully saturated rings. The number of carbonyl (C=O) groups excluding carboxylic acids is 1. The molecule has 0 spiro atoms. The third-order valence-electron chi connectivity index (χ3n) is 5.10. The number of nitrogens with zero attached hydrogens (tertiary/aromatic N) is 2. The number of carbonyl (C=O) groups is 1. The molecule has 0 saturated carbocycles. The summed E-state index contributed by atoms with van der Waals surface area (Å²) in [6.07, 6.45) is 1.03. The average molecular weight is 343 g/mol. The third kappa shape index (κ3) is 2.65. The molecule has 1 saturated heterocycles. The van der Waals surface area contributed by atoms with Crippen LogP contribution in [0.25, 0.3) is 0 Å². The second-order valence-electron chi connectivity index (χ2n) is 6.71. The summed E-state index contributed by atoms with van der Waals surface area (Å²) >= 11 is 6.43. The topological polar surface area (TPSA) is 42.3 Å². The number of halogens is 1. The first-order valence-corrected chi connectivity index (χ1v) is 8.74.